The van der Waals surface area contributed by atoms with Crippen LogP contribution in [0.3, 0.4) is 0 Å². The summed E-state index contributed by atoms with van der Waals surface area (Å²) >= 11 is 5.80. The first-order valence-corrected chi connectivity index (χ1v) is 10.1. The van der Waals surface area contributed by atoms with Crippen LogP contribution in [0.25, 0.3) is 0 Å². The third-order valence-electron chi connectivity index (χ3n) is 4.31. The number of alkyl halides is 3. The monoisotopic (exact) mass is 479 g/mol. The van der Waals surface area contributed by atoms with E-state index >= 15 is 0 Å². The van der Waals surface area contributed by atoms with Gasteiger partial charge in [-0.15, -0.1) is 18.3 Å². The zero-order chi connectivity index (χ0) is 23.1. The molecule has 176 valence electrons. The van der Waals surface area contributed by atoms with Crippen molar-refractivity contribution in [2.45, 2.75) is 44.4 Å². The van der Waals surface area contributed by atoms with E-state index in [1.165, 1.54) is 6.92 Å². The van der Waals surface area contributed by atoms with E-state index in [0.29, 0.717) is 23.6 Å². The van der Waals surface area contributed by atoms with E-state index < -0.39 is 25.2 Å². The van der Waals surface area contributed by atoms with E-state index in [2.05, 4.69) is 20.3 Å². The van der Waals surface area contributed by atoms with E-state index in [-0.39, 0.29) is 37.1 Å². The van der Waals surface area contributed by atoms with Gasteiger partial charge in [0, 0.05) is 5.02 Å². The summed E-state index contributed by atoms with van der Waals surface area (Å²) in [6, 6.07) is 6.43. The molecule has 0 spiro atoms. The number of carbonyl (C=O) groups is 1. The van der Waals surface area contributed by atoms with E-state index in [1.54, 1.807) is 24.3 Å². The average molecular weight is 480 g/mol. The molecule has 0 bridgehead atoms. The fourth-order valence-electron chi connectivity index (χ4n) is 2.83. The highest BCUT2D eigenvalue weighted by molar-refractivity contribution is 6.30. The molecule has 1 aromatic heterocycles. The molecule has 1 unspecified atom stereocenters. The number of nitrogens with zero attached hydrogens (tertiary/aromatic N) is 2. The first kappa shape index (κ1) is 24.1. The second-order valence-electron chi connectivity index (χ2n) is 7.00. The highest BCUT2D eigenvalue weighted by Crippen LogP contribution is 2.29. The van der Waals surface area contributed by atoms with Crippen molar-refractivity contribution in [1.82, 2.24) is 15.5 Å². The zero-order valence-corrected chi connectivity index (χ0v) is 17.7. The molecule has 0 aliphatic carbocycles. The second-order valence-corrected chi connectivity index (χ2v) is 7.43. The fraction of sp³-hybridized carbons (Fsp3) is 0.526. The average Bonchev–Trinajstić information content (AvgIpc) is 3.20. The van der Waals surface area contributed by atoms with Gasteiger partial charge in [0.1, 0.15) is 18.0 Å². The second kappa shape index (κ2) is 10.8. The SMILES string of the molecule is CC(COC(F)(F)F)Oc1nnc([C@H]2CC[C@H](NC(=O)COc3ccc(Cl)cc3)CO2)o1. The maximum atomic E-state index is 12.1. The Bertz CT molecular complexity index is 872. The van der Waals surface area contributed by atoms with Crippen molar-refractivity contribution in [2.75, 3.05) is 19.8 Å². The van der Waals surface area contributed by atoms with Gasteiger partial charge < -0.3 is 23.9 Å². The van der Waals surface area contributed by atoms with E-state index in [1.807, 2.05) is 0 Å². The summed E-state index contributed by atoms with van der Waals surface area (Å²) < 4.78 is 61.4. The number of rotatable bonds is 9. The molecule has 3 atom stereocenters. The number of carbonyl (C=O) groups excluding carboxylic acids is 1. The Morgan fingerprint density at radius 2 is 2.03 bits per heavy atom. The predicted molar refractivity (Wildman–Crippen MR) is 103 cm³/mol. The Kier molecular flexibility index (Phi) is 8.15. The molecule has 2 aromatic rings. The Labute approximate surface area is 186 Å². The minimum absolute atomic E-state index is 0.139. The standard InChI is InChI=1S/C19H21ClF3N3O6/c1-11(8-30-19(21,22)23)31-18-26-25-17(32-18)15-7-4-13(9-29-15)24-16(27)10-28-14-5-2-12(20)3-6-14/h2-3,5-6,11,13,15H,4,7-10H2,1H3,(H,24,27)/t11?,13-,15+/m0/s1. The van der Waals surface area contributed by atoms with Gasteiger partial charge in [-0.3, -0.25) is 9.53 Å². The molecule has 1 aliphatic rings. The normalized spacial score (nSPS) is 19.9. The van der Waals surface area contributed by atoms with Crippen LogP contribution < -0.4 is 14.8 Å². The molecule has 2 heterocycles. The van der Waals surface area contributed by atoms with E-state index in [4.69, 9.17) is 30.2 Å². The van der Waals surface area contributed by atoms with Crippen LogP contribution in [0.15, 0.2) is 28.7 Å². The number of nitrogens with one attached hydrogen (secondary N) is 1. The highest BCUT2D eigenvalue weighted by atomic mass is 35.5. The third-order valence-corrected chi connectivity index (χ3v) is 4.56. The van der Waals surface area contributed by atoms with Gasteiger partial charge in [-0.2, -0.15) is 0 Å². The van der Waals surface area contributed by atoms with Crippen LogP contribution >= 0.6 is 11.6 Å². The highest BCUT2D eigenvalue weighted by Gasteiger charge is 2.31. The van der Waals surface area contributed by atoms with Gasteiger partial charge in [-0.1, -0.05) is 16.7 Å². The number of ether oxygens (including phenoxy) is 4. The predicted octanol–water partition coefficient (Wildman–Crippen LogP) is 3.44. The van der Waals surface area contributed by atoms with Crippen molar-refractivity contribution < 1.29 is 41.3 Å². The van der Waals surface area contributed by atoms with Gasteiger partial charge in [-0.25, -0.2) is 0 Å². The lowest BCUT2D eigenvalue weighted by Crippen LogP contribution is -2.43. The number of halogens is 4. The topological polar surface area (TPSA) is 105 Å². The van der Waals surface area contributed by atoms with Crippen molar-refractivity contribution in [1.29, 1.82) is 0 Å². The maximum Gasteiger partial charge on any atom is 0.522 e. The van der Waals surface area contributed by atoms with Crippen LogP contribution in [-0.4, -0.2) is 54.4 Å². The number of hydrogen-bond donors (Lipinski definition) is 1. The molecule has 0 radical (unpaired) electrons. The van der Waals surface area contributed by atoms with Crippen LogP contribution in [0.2, 0.25) is 5.02 Å². The lowest BCUT2D eigenvalue weighted by Gasteiger charge is -2.27. The molecular formula is C19H21ClF3N3O6. The van der Waals surface area contributed by atoms with Crippen molar-refractivity contribution in [3.05, 3.63) is 35.2 Å². The molecule has 1 saturated heterocycles. The Hall–Kier alpha value is -2.57. The number of benzene rings is 1. The molecule has 3 rings (SSSR count). The van der Waals surface area contributed by atoms with Crippen LogP contribution in [0, 0.1) is 0 Å². The lowest BCUT2D eigenvalue weighted by atomic mass is 10.1. The van der Waals surface area contributed by atoms with Crippen LogP contribution in [-0.2, 0) is 14.3 Å². The van der Waals surface area contributed by atoms with Crippen LogP contribution in [0.4, 0.5) is 13.2 Å². The lowest BCUT2D eigenvalue weighted by molar-refractivity contribution is -0.329. The number of amides is 1. The summed E-state index contributed by atoms with van der Waals surface area (Å²) in [4.78, 5) is 12.1. The molecule has 0 saturated carbocycles. The smallest absolute Gasteiger partial charge is 0.484 e. The van der Waals surface area contributed by atoms with Crippen molar-refractivity contribution in [3.63, 3.8) is 0 Å². The van der Waals surface area contributed by atoms with Gasteiger partial charge in [0.15, 0.2) is 6.61 Å². The van der Waals surface area contributed by atoms with Crippen molar-refractivity contribution >= 4 is 17.5 Å². The zero-order valence-electron chi connectivity index (χ0n) is 16.9. The van der Waals surface area contributed by atoms with E-state index in [0.717, 1.165) is 0 Å². The summed E-state index contributed by atoms with van der Waals surface area (Å²) in [7, 11) is 0. The Morgan fingerprint density at radius 3 is 2.69 bits per heavy atom. The summed E-state index contributed by atoms with van der Waals surface area (Å²) in [5, 5.41) is 10.8. The fourth-order valence-corrected chi connectivity index (χ4v) is 2.95. The molecule has 1 aliphatic heterocycles. The summed E-state index contributed by atoms with van der Waals surface area (Å²) in [5.74, 6) is 0.369. The summed E-state index contributed by atoms with van der Waals surface area (Å²) in [5.41, 5.74) is 0. The minimum Gasteiger partial charge on any atom is -0.484 e. The molecule has 13 heteroatoms. The molecule has 32 heavy (non-hydrogen) atoms. The van der Waals surface area contributed by atoms with Gasteiger partial charge in [-0.05, 0) is 44.0 Å². The number of aromatic nitrogens is 2. The first-order valence-electron chi connectivity index (χ1n) is 9.68. The summed E-state index contributed by atoms with van der Waals surface area (Å²) in [6.07, 6.45) is -5.42. The van der Waals surface area contributed by atoms with Crippen LogP contribution in [0.5, 0.6) is 11.8 Å². The Balaban J connectivity index is 1.38. The molecule has 1 aromatic carbocycles. The summed E-state index contributed by atoms with van der Waals surface area (Å²) in [6.45, 7) is 0.717. The third kappa shape index (κ3) is 7.84. The number of hydrogen-bond acceptors (Lipinski definition) is 8. The van der Waals surface area contributed by atoms with Gasteiger partial charge in [0.05, 0.1) is 19.3 Å². The van der Waals surface area contributed by atoms with Gasteiger partial charge in [0.25, 0.3) is 5.91 Å². The Morgan fingerprint density at radius 1 is 1.28 bits per heavy atom. The van der Waals surface area contributed by atoms with Crippen molar-refractivity contribution in [2.24, 2.45) is 0 Å². The van der Waals surface area contributed by atoms with E-state index in [9.17, 15) is 18.0 Å². The molecular weight excluding hydrogens is 459 g/mol. The van der Waals surface area contributed by atoms with Crippen LogP contribution in [0.1, 0.15) is 31.8 Å². The quantitative estimate of drug-likeness (QED) is 0.583. The molecule has 1 fully saturated rings. The van der Waals surface area contributed by atoms with Gasteiger partial charge in [0.2, 0.25) is 5.89 Å². The minimum atomic E-state index is -4.75. The molecule has 1 amide bonds. The maximum absolute atomic E-state index is 12.1. The molecule has 9 nitrogen and oxygen atoms in total. The largest absolute Gasteiger partial charge is 0.522 e. The molecule has 1 N–H and O–H groups in total. The van der Waals surface area contributed by atoms with Gasteiger partial charge >= 0.3 is 12.4 Å². The van der Waals surface area contributed by atoms with Crippen molar-refractivity contribution in [3.8, 4) is 11.8 Å². The first-order chi connectivity index (χ1) is 15.2.